The molecule has 5 rings (SSSR count). The maximum atomic E-state index is 13.3. The molecule has 10 heteroatoms. The van der Waals surface area contributed by atoms with Crippen LogP contribution in [0.1, 0.15) is 27.2 Å². The number of nitrogens with one attached hydrogen (secondary N) is 1. The van der Waals surface area contributed by atoms with Crippen molar-refractivity contribution in [3.8, 4) is 11.4 Å². The molecule has 0 fully saturated rings. The SMILES string of the molecule is Cc1c(/C=N\NC(=O)Cn2nnc(-c3ccccc3)n2)c2ccccn2c1C(=O)c1ccc(F)cc1. The third kappa shape index (κ3) is 4.51. The molecule has 2 aromatic carbocycles. The van der Waals surface area contributed by atoms with Gasteiger partial charge >= 0.3 is 0 Å². The zero-order valence-corrected chi connectivity index (χ0v) is 19.2. The Hall–Kier alpha value is -4.99. The molecule has 1 N–H and O–H groups in total. The number of hydrogen-bond donors (Lipinski definition) is 1. The number of fused-ring (bicyclic) bond motifs is 1. The van der Waals surface area contributed by atoms with Crippen molar-refractivity contribution in [2.45, 2.75) is 13.5 Å². The zero-order chi connectivity index (χ0) is 25.1. The van der Waals surface area contributed by atoms with Gasteiger partial charge in [0.1, 0.15) is 12.4 Å². The molecule has 0 aliphatic rings. The summed E-state index contributed by atoms with van der Waals surface area (Å²) in [4.78, 5) is 26.8. The molecule has 0 unspecified atom stereocenters. The van der Waals surface area contributed by atoms with Crippen molar-refractivity contribution >= 4 is 23.4 Å². The van der Waals surface area contributed by atoms with Crippen molar-refractivity contribution in [3.63, 3.8) is 0 Å². The molecule has 0 atom stereocenters. The number of amides is 1. The molecule has 178 valence electrons. The Morgan fingerprint density at radius 2 is 1.78 bits per heavy atom. The van der Waals surface area contributed by atoms with E-state index in [0.29, 0.717) is 28.2 Å². The van der Waals surface area contributed by atoms with Gasteiger partial charge < -0.3 is 4.40 Å². The Bertz CT molecular complexity index is 1590. The van der Waals surface area contributed by atoms with Crippen LogP contribution in [0.25, 0.3) is 16.9 Å². The van der Waals surface area contributed by atoms with Crippen LogP contribution >= 0.6 is 0 Å². The lowest BCUT2D eigenvalue weighted by Gasteiger charge is -2.04. The predicted molar refractivity (Wildman–Crippen MR) is 131 cm³/mol. The predicted octanol–water partition coefficient (Wildman–Crippen LogP) is 3.42. The van der Waals surface area contributed by atoms with Crippen LogP contribution in [0.5, 0.6) is 0 Å². The average molecular weight is 481 g/mol. The lowest BCUT2D eigenvalue weighted by Crippen LogP contribution is -2.24. The van der Waals surface area contributed by atoms with Gasteiger partial charge in [-0.05, 0) is 54.1 Å². The number of hydrazone groups is 1. The number of aromatic nitrogens is 5. The molecule has 0 radical (unpaired) electrons. The van der Waals surface area contributed by atoms with E-state index in [1.54, 1.807) is 17.5 Å². The number of rotatable bonds is 7. The summed E-state index contributed by atoms with van der Waals surface area (Å²) in [6.07, 6.45) is 3.27. The summed E-state index contributed by atoms with van der Waals surface area (Å²) in [6.45, 7) is 1.64. The van der Waals surface area contributed by atoms with Gasteiger partial charge in [-0.2, -0.15) is 9.90 Å². The van der Waals surface area contributed by atoms with Gasteiger partial charge in [-0.1, -0.05) is 36.4 Å². The monoisotopic (exact) mass is 481 g/mol. The normalized spacial score (nSPS) is 11.3. The number of carbonyl (C=O) groups excluding carboxylic acids is 2. The summed E-state index contributed by atoms with van der Waals surface area (Å²) in [5.74, 6) is -0.679. The van der Waals surface area contributed by atoms with Gasteiger partial charge in [-0.15, -0.1) is 10.2 Å². The Balaban J connectivity index is 1.34. The van der Waals surface area contributed by atoms with Gasteiger partial charge in [-0.25, -0.2) is 9.82 Å². The number of halogens is 1. The molecule has 1 amide bonds. The first-order chi connectivity index (χ1) is 17.5. The number of hydrogen-bond acceptors (Lipinski definition) is 6. The molecule has 3 heterocycles. The van der Waals surface area contributed by atoms with Crippen LogP contribution in [0.2, 0.25) is 0 Å². The summed E-state index contributed by atoms with van der Waals surface area (Å²) < 4.78 is 15.1. The number of pyridine rings is 1. The van der Waals surface area contributed by atoms with E-state index in [0.717, 1.165) is 11.1 Å². The molecular weight excluding hydrogens is 461 g/mol. The minimum atomic E-state index is -0.438. The fourth-order valence-corrected chi connectivity index (χ4v) is 3.88. The van der Waals surface area contributed by atoms with Crippen LogP contribution in [0, 0.1) is 12.7 Å². The highest BCUT2D eigenvalue weighted by Crippen LogP contribution is 2.24. The quantitative estimate of drug-likeness (QED) is 0.218. The second-order valence-corrected chi connectivity index (χ2v) is 7.98. The smallest absolute Gasteiger partial charge is 0.263 e. The second-order valence-electron chi connectivity index (χ2n) is 7.98. The first-order valence-electron chi connectivity index (χ1n) is 11.1. The van der Waals surface area contributed by atoms with Crippen molar-refractivity contribution in [3.05, 3.63) is 107 Å². The van der Waals surface area contributed by atoms with Gasteiger partial charge in [0, 0.05) is 22.9 Å². The van der Waals surface area contributed by atoms with E-state index in [1.165, 1.54) is 35.3 Å². The second kappa shape index (κ2) is 9.71. The van der Waals surface area contributed by atoms with Crippen LogP contribution < -0.4 is 5.43 Å². The summed E-state index contributed by atoms with van der Waals surface area (Å²) in [5, 5.41) is 16.2. The van der Waals surface area contributed by atoms with Crippen molar-refractivity contribution in [2.24, 2.45) is 5.10 Å². The van der Waals surface area contributed by atoms with E-state index < -0.39 is 11.7 Å². The first-order valence-corrected chi connectivity index (χ1v) is 11.1. The summed E-state index contributed by atoms with van der Waals surface area (Å²) in [5.41, 5.74) is 6.16. The van der Waals surface area contributed by atoms with E-state index in [1.807, 2.05) is 48.5 Å². The van der Waals surface area contributed by atoms with Crippen molar-refractivity contribution in [1.29, 1.82) is 0 Å². The molecule has 0 aliphatic carbocycles. The van der Waals surface area contributed by atoms with E-state index in [-0.39, 0.29) is 12.3 Å². The van der Waals surface area contributed by atoms with Crippen LogP contribution in [0.3, 0.4) is 0 Å². The number of tetrazole rings is 1. The lowest BCUT2D eigenvalue weighted by molar-refractivity contribution is -0.122. The molecule has 3 aromatic heterocycles. The van der Waals surface area contributed by atoms with Crippen molar-refractivity contribution in [2.75, 3.05) is 0 Å². The summed E-state index contributed by atoms with van der Waals surface area (Å²) in [6, 6.07) is 20.2. The number of carbonyl (C=O) groups is 2. The molecule has 36 heavy (non-hydrogen) atoms. The van der Waals surface area contributed by atoms with Crippen LogP contribution in [0.4, 0.5) is 4.39 Å². The minimum absolute atomic E-state index is 0.166. The number of benzene rings is 2. The minimum Gasteiger partial charge on any atom is -0.313 e. The Kier molecular flexibility index (Phi) is 6.14. The van der Waals surface area contributed by atoms with Crippen molar-refractivity contribution in [1.82, 2.24) is 30.0 Å². The number of ketones is 1. The van der Waals surface area contributed by atoms with Crippen LogP contribution in [-0.4, -0.2) is 42.5 Å². The van der Waals surface area contributed by atoms with E-state index >= 15 is 0 Å². The highest BCUT2D eigenvalue weighted by atomic mass is 19.1. The van der Waals surface area contributed by atoms with Gasteiger partial charge in [0.05, 0.1) is 17.4 Å². The van der Waals surface area contributed by atoms with Gasteiger partial charge in [0.2, 0.25) is 11.6 Å². The standard InChI is InChI=1S/C26H20FN7O2/c1-17-21(15-28-29-23(35)16-34-31-26(30-32-34)19-7-3-2-4-8-19)22-9-5-6-14-33(22)24(17)25(36)18-10-12-20(27)13-11-18/h2-15H,16H2,1H3,(H,29,35)/b28-15-. The van der Waals surface area contributed by atoms with E-state index in [9.17, 15) is 14.0 Å². The topological polar surface area (TPSA) is 107 Å². The van der Waals surface area contributed by atoms with Crippen LogP contribution in [0.15, 0.2) is 84.1 Å². The largest absolute Gasteiger partial charge is 0.313 e. The third-order valence-electron chi connectivity index (χ3n) is 5.61. The van der Waals surface area contributed by atoms with Crippen molar-refractivity contribution < 1.29 is 14.0 Å². The third-order valence-corrected chi connectivity index (χ3v) is 5.61. The molecule has 0 bridgehead atoms. The van der Waals surface area contributed by atoms with Gasteiger partial charge in [-0.3, -0.25) is 9.59 Å². The van der Waals surface area contributed by atoms with Crippen LogP contribution in [-0.2, 0) is 11.3 Å². The molecule has 0 saturated carbocycles. The lowest BCUT2D eigenvalue weighted by atomic mass is 10.0. The Labute approximate surface area is 204 Å². The fourth-order valence-electron chi connectivity index (χ4n) is 3.88. The van der Waals surface area contributed by atoms with E-state index in [2.05, 4.69) is 25.9 Å². The zero-order valence-electron chi connectivity index (χ0n) is 19.2. The molecule has 0 saturated heterocycles. The molecule has 5 aromatic rings. The average Bonchev–Trinajstić information content (AvgIpc) is 3.47. The fraction of sp³-hybridized carbons (Fsp3) is 0.0769. The molecular formula is C26H20FN7O2. The molecule has 0 aliphatic heterocycles. The highest BCUT2D eigenvalue weighted by molar-refractivity contribution is 6.12. The van der Waals surface area contributed by atoms with Gasteiger partial charge in [0.25, 0.3) is 5.91 Å². The van der Waals surface area contributed by atoms with E-state index in [4.69, 9.17) is 0 Å². The van der Waals surface area contributed by atoms with Gasteiger partial charge in [0.15, 0.2) is 0 Å². The summed E-state index contributed by atoms with van der Waals surface area (Å²) in [7, 11) is 0. The Morgan fingerprint density at radius 1 is 1.03 bits per heavy atom. The molecule has 9 nitrogen and oxygen atoms in total. The number of nitrogens with zero attached hydrogens (tertiary/aromatic N) is 6. The molecule has 0 spiro atoms. The highest BCUT2D eigenvalue weighted by Gasteiger charge is 2.21. The Morgan fingerprint density at radius 3 is 2.56 bits per heavy atom. The maximum Gasteiger partial charge on any atom is 0.263 e. The maximum absolute atomic E-state index is 13.3. The first kappa shape index (κ1) is 22.8. The summed E-state index contributed by atoms with van der Waals surface area (Å²) >= 11 is 0.